The molecule has 1 heterocycles. The van der Waals surface area contributed by atoms with Crippen LogP contribution in [0, 0.1) is 18.6 Å². The van der Waals surface area contributed by atoms with E-state index in [0.717, 1.165) is 17.8 Å². The zero-order chi connectivity index (χ0) is 15.6. The number of nitrogen functional groups attached to an aromatic ring is 1. The number of hydrogen-bond acceptors (Lipinski definition) is 4. The lowest BCUT2D eigenvalue weighted by atomic mass is 10.2. The normalized spacial score (nSPS) is 11.6. The highest BCUT2D eigenvalue weighted by Crippen LogP contribution is 2.21. The zero-order valence-corrected chi connectivity index (χ0v) is 11.9. The van der Waals surface area contributed by atoms with Crippen LogP contribution in [-0.2, 0) is 16.6 Å². The van der Waals surface area contributed by atoms with Gasteiger partial charge in [-0.3, -0.25) is 4.98 Å². The number of hydrogen-bond donors (Lipinski definition) is 2. The highest BCUT2D eigenvalue weighted by Gasteiger charge is 2.24. The molecule has 112 valence electrons. The Kier molecular flexibility index (Phi) is 4.19. The number of aromatic nitrogens is 1. The highest BCUT2D eigenvalue weighted by atomic mass is 32.2. The van der Waals surface area contributed by atoms with E-state index in [0.29, 0.717) is 5.56 Å². The van der Waals surface area contributed by atoms with Gasteiger partial charge in [0, 0.05) is 24.1 Å². The first-order valence-corrected chi connectivity index (χ1v) is 7.43. The second-order valence-corrected chi connectivity index (χ2v) is 6.15. The van der Waals surface area contributed by atoms with Gasteiger partial charge in [0.25, 0.3) is 0 Å². The first-order chi connectivity index (χ1) is 9.79. The summed E-state index contributed by atoms with van der Waals surface area (Å²) in [6.07, 6.45) is 1.48. The van der Waals surface area contributed by atoms with Crippen LogP contribution in [0.15, 0.2) is 35.4 Å². The Morgan fingerprint density at radius 3 is 2.38 bits per heavy atom. The van der Waals surface area contributed by atoms with Crippen LogP contribution in [0.4, 0.5) is 14.5 Å². The number of benzene rings is 1. The maximum absolute atomic E-state index is 13.6. The largest absolute Gasteiger partial charge is 0.399 e. The molecule has 2 aromatic rings. The summed E-state index contributed by atoms with van der Waals surface area (Å²) in [5, 5.41) is 0. The summed E-state index contributed by atoms with van der Waals surface area (Å²) in [4.78, 5) is 2.96. The van der Waals surface area contributed by atoms with E-state index < -0.39 is 26.6 Å². The van der Waals surface area contributed by atoms with Gasteiger partial charge in [0.2, 0.25) is 10.0 Å². The zero-order valence-electron chi connectivity index (χ0n) is 11.1. The van der Waals surface area contributed by atoms with Crippen molar-refractivity contribution in [1.29, 1.82) is 0 Å². The molecule has 0 saturated carbocycles. The molecule has 21 heavy (non-hydrogen) atoms. The minimum atomic E-state index is -4.33. The van der Waals surface area contributed by atoms with E-state index in [1.54, 1.807) is 19.1 Å². The fourth-order valence-electron chi connectivity index (χ4n) is 1.69. The van der Waals surface area contributed by atoms with E-state index in [9.17, 15) is 17.2 Å². The second kappa shape index (κ2) is 5.74. The molecular formula is C13H13F2N3O2S. The predicted octanol–water partition coefficient (Wildman–Crippen LogP) is 1.73. The van der Waals surface area contributed by atoms with Gasteiger partial charge in [-0.2, -0.15) is 0 Å². The average molecular weight is 313 g/mol. The molecule has 0 aliphatic carbocycles. The molecule has 0 bridgehead atoms. The van der Waals surface area contributed by atoms with Crippen LogP contribution in [0.3, 0.4) is 0 Å². The van der Waals surface area contributed by atoms with Crippen LogP contribution in [-0.4, -0.2) is 13.4 Å². The maximum atomic E-state index is 13.6. The van der Waals surface area contributed by atoms with Crippen molar-refractivity contribution in [3.05, 3.63) is 53.4 Å². The van der Waals surface area contributed by atoms with Gasteiger partial charge in [-0.15, -0.1) is 0 Å². The molecule has 8 heteroatoms. The molecule has 0 unspecified atom stereocenters. The lowest BCUT2D eigenvalue weighted by Crippen LogP contribution is -2.25. The molecule has 1 aromatic carbocycles. The van der Waals surface area contributed by atoms with Crippen molar-refractivity contribution < 1.29 is 17.2 Å². The second-order valence-electron chi connectivity index (χ2n) is 4.45. The van der Waals surface area contributed by atoms with Crippen molar-refractivity contribution in [3.8, 4) is 0 Å². The van der Waals surface area contributed by atoms with E-state index in [1.807, 2.05) is 0 Å². The van der Waals surface area contributed by atoms with Gasteiger partial charge in [-0.25, -0.2) is 21.9 Å². The van der Waals surface area contributed by atoms with E-state index >= 15 is 0 Å². The maximum Gasteiger partial charge on any atom is 0.246 e. The average Bonchev–Trinajstić information content (AvgIpc) is 2.36. The van der Waals surface area contributed by atoms with Crippen LogP contribution in [0.25, 0.3) is 0 Å². The number of halogens is 2. The molecule has 1 aromatic heterocycles. The van der Waals surface area contributed by atoms with Gasteiger partial charge in [0.1, 0.15) is 11.6 Å². The Balaban J connectivity index is 2.25. The smallest absolute Gasteiger partial charge is 0.246 e. The molecule has 5 nitrogen and oxygen atoms in total. The standard InChI is InChI=1S/C13H13F2N3O2S/c1-8-2-3-9(6-17-8)7-18-21(19,20)13-11(14)4-10(16)5-12(13)15/h2-6,18H,7,16H2,1H3. The Labute approximate surface area is 120 Å². The number of aryl methyl sites for hydroxylation is 1. The summed E-state index contributed by atoms with van der Waals surface area (Å²) in [6, 6.07) is 4.88. The minimum absolute atomic E-state index is 0.126. The number of pyridine rings is 1. The third-order valence-corrected chi connectivity index (χ3v) is 4.18. The first-order valence-electron chi connectivity index (χ1n) is 5.95. The molecule has 0 aliphatic heterocycles. The fourth-order valence-corrected chi connectivity index (χ4v) is 2.82. The Morgan fingerprint density at radius 2 is 1.86 bits per heavy atom. The number of rotatable bonds is 4. The Hall–Kier alpha value is -2.06. The van der Waals surface area contributed by atoms with E-state index in [2.05, 4.69) is 9.71 Å². The fraction of sp³-hybridized carbons (Fsp3) is 0.154. The van der Waals surface area contributed by atoms with Crippen molar-refractivity contribution in [2.45, 2.75) is 18.4 Å². The van der Waals surface area contributed by atoms with Crippen molar-refractivity contribution >= 4 is 15.7 Å². The number of nitrogens with zero attached hydrogens (tertiary/aromatic N) is 1. The number of sulfonamides is 1. The molecule has 0 spiro atoms. The molecule has 0 aliphatic rings. The summed E-state index contributed by atoms with van der Waals surface area (Å²) in [7, 11) is -4.33. The van der Waals surface area contributed by atoms with Crippen molar-refractivity contribution in [1.82, 2.24) is 9.71 Å². The Bertz CT molecular complexity index is 738. The number of nitrogens with two attached hydrogens (primary N) is 1. The first kappa shape index (κ1) is 15.3. The summed E-state index contributed by atoms with van der Waals surface area (Å²) < 4.78 is 53.3. The Morgan fingerprint density at radius 1 is 1.24 bits per heavy atom. The van der Waals surface area contributed by atoms with E-state index in [-0.39, 0.29) is 12.2 Å². The lowest BCUT2D eigenvalue weighted by molar-refractivity contribution is 0.514. The SMILES string of the molecule is Cc1ccc(CNS(=O)(=O)c2c(F)cc(N)cc2F)cn1. The van der Waals surface area contributed by atoms with Crippen LogP contribution in [0.5, 0.6) is 0 Å². The predicted molar refractivity (Wildman–Crippen MR) is 73.8 cm³/mol. The van der Waals surface area contributed by atoms with Crippen LogP contribution >= 0.6 is 0 Å². The molecule has 0 fully saturated rings. The van der Waals surface area contributed by atoms with Crippen LogP contribution in [0.1, 0.15) is 11.3 Å². The quantitative estimate of drug-likeness (QED) is 0.842. The molecule has 3 N–H and O–H groups in total. The van der Waals surface area contributed by atoms with Gasteiger partial charge in [-0.05, 0) is 30.7 Å². The monoisotopic (exact) mass is 313 g/mol. The van der Waals surface area contributed by atoms with Gasteiger partial charge in [0.15, 0.2) is 4.90 Å². The van der Waals surface area contributed by atoms with Crippen LogP contribution in [0.2, 0.25) is 0 Å². The topological polar surface area (TPSA) is 85.1 Å². The minimum Gasteiger partial charge on any atom is -0.399 e. The van der Waals surface area contributed by atoms with Gasteiger partial charge in [-0.1, -0.05) is 6.07 Å². The summed E-state index contributed by atoms with van der Waals surface area (Å²) in [6.45, 7) is 1.66. The molecule has 0 amide bonds. The summed E-state index contributed by atoms with van der Waals surface area (Å²) >= 11 is 0. The van der Waals surface area contributed by atoms with Gasteiger partial charge in [0.05, 0.1) is 0 Å². The summed E-state index contributed by atoms with van der Waals surface area (Å²) in [5.74, 6) is -2.47. The van der Waals surface area contributed by atoms with Gasteiger partial charge < -0.3 is 5.73 Å². The molecule has 0 radical (unpaired) electrons. The molecule has 0 saturated heterocycles. The van der Waals surface area contributed by atoms with E-state index in [1.165, 1.54) is 6.20 Å². The molecule has 2 rings (SSSR count). The van der Waals surface area contributed by atoms with Crippen molar-refractivity contribution in [2.75, 3.05) is 5.73 Å². The third-order valence-electron chi connectivity index (χ3n) is 2.73. The number of anilines is 1. The lowest BCUT2D eigenvalue weighted by Gasteiger charge is -2.09. The summed E-state index contributed by atoms with van der Waals surface area (Å²) in [5.41, 5.74) is 6.40. The van der Waals surface area contributed by atoms with Crippen molar-refractivity contribution in [3.63, 3.8) is 0 Å². The highest BCUT2D eigenvalue weighted by molar-refractivity contribution is 7.89. The van der Waals surface area contributed by atoms with Gasteiger partial charge >= 0.3 is 0 Å². The van der Waals surface area contributed by atoms with Crippen LogP contribution < -0.4 is 10.5 Å². The third kappa shape index (κ3) is 3.53. The number of nitrogens with one attached hydrogen (secondary N) is 1. The van der Waals surface area contributed by atoms with Crippen molar-refractivity contribution in [2.24, 2.45) is 0 Å². The molecular weight excluding hydrogens is 300 g/mol. The molecule has 0 atom stereocenters. The van der Waals surface area contributed by atoms with E-state index in [4.69, 9.17) is 5.73 Å².